The summed E-state index contributed by atoms with van der Waals surface area (Å²) < 4.78 is 37.7. The van der Waals surface area contributed by atoms with Gasteiger partial charge >= 0.3 is 6.18 Å². The predicted octanol–water partition coefficient (Wildman–Crippen LogP) is 4.52. The lowest BCUT2D eigenvalue weighted by molar-refractivity contribution is -0.138. The van der Waals surface area contributed by atoms with Crippen molar-refractivity contribution in [3.8, 4) is 0 Å². The molecule has 1 aliphatic heterocycles. The van der Waals surface area contributed by atoms with Gasteiger partial charge in [-0.25, -0.2) is 4.98 Å². The Labute approximate surface area is 155 Å². The van der Waals surface area contributed by atoms with Crippen molar-refractivity contribution < 1.29 is 13.2 Å². The highest BCUT2D eigenvalue weighted by Gasteiger charge is 2.32. The predicted molar refractivity (Wildman–Crippen MR) is 91.2 cm³/mol. The van der Waals surface area contributed by atoms with Gasteiger partial charge in [-0.15, -0.1) is 24.8 Å². The van der Waals surface area contributed by atoms with Crippen LogP contribution in [0.15, 0.2) is 12.1 Å². The van der Waals surface area contributed by atoms with Crippen molar-refractivity contribution >= 4 is 48.0 Å². The first kappa shape index (κ1) is 23.0. The molecule has 0 bridgehead atoms. The van der Waals surface area contributed by atoms with Gasteiger partial charge in [0.25, 0.3) is 0 Å². The number of nitrogens with zero attached hydrogens (tertiary/aromatic N) is 2. The lowest BCUT2D eigenvalue weighted by Crippen LogP contribution is -2.45. The van der Waals surface area contributed by atoms with Crippen molar-refractivity contribution in [2.24, 2.45) is 0 Å². The fraction of sp³-hybridized carbons (Fsp3) is 0.615. The van der Waals surface area contributed by atoms with Crippen molar-refractivity contribution in [2.75, 3.05) is 26.2 Å². The van der Waals surface area contributed by atoms with E-state index in [1.165, 1.54) is 0 Å². The molecule has 0 unspecified atom stereocenters. The van der Waals surface area contributed by atoms with Crippen molar-refractivity contribution in [1.29, 1.82) is 0 Å². The van der Waals surface area contributed by atoms with E-state index in [4.69, 9.17) is 23.2 Å². The van der Waals surface area contributed by atoms with Crippen molar-refractivity contribution in [1.82, 2.24) is 15.2 Å². The zero-order valence-corrected chi connectivity index (χ0v) is 15.2. The SMILES string of the molecule is Cl.Cl.FC(F)(F)CC[C@H](c1ccc(Cl)nc1Cl)N1CCNCC1. The number of rotatable bonds is 4. The average Bonchev–Trinajstić information content (AvgIpc) is 2.41. The molecule has 0 aromatic carbocycles. The van der Waals surface area contributed by atoms with Crippen LogP contribution in [0.2, 0.25) is 10.3 Å². The van der Waals surface area contributed by atoms with E-state index in [2.05, 4.69) is 10.3 Å². The van der Waals surface area contributed by atoms with Gasteiger partial charge in [0.1, 0.15) is 10.3 Å². The van der Waals surface area contributed by atoms with Crippen molar-refractivity contribution in [3.63, 3.8) is 0 Å². The number of alkyl halides is 3. The lowest BCUT2D eigenvalue weighted by atomic mass is 10.0. The molecule has 2 heterocycles. The Morgan fingerprint density at radius 1 is 1.17 bits per heavy atom. The number of piperazine rings is 1. The summed E-state index contributed by atoms with van der Waals surface area (Å²) >= 11 is 11.8. The summed E-state index contributed by atoms with van der Waals surface area (Å²) in [5, 5.41) is 3.59. The maximum atomic E-state index is 12.6. The molecule has 2 rings (SSSR count). The normalized spacial score (nSPS) is 17.1. The highest BCUT2D eigenvalue weighted by molar-refractivity contribution is 6.32. The molecule has 0 saturated carbocycles. The molecule has 0 aliphatic carbocycles. The minimum absolute atomic E-state index is 0. The maximum absolute atomic E-state index is 12.6. The Morgan fingerprint density at radius 2 is 1.78 bits per heavy atom. The Balaban J connectivity index is 0.00000242. The minimum atomic E-state index is -4.18. The smallest absolute Gasteiger partial charge is 0.314 e. The van der Waals surface area contributed by atoms with Crippen LogP contribution in [0, 0.1) is 0 Å². The summed E-state index contributed by atoms with van der Waals surface area (Å²) in [7, 11) is 0. The zero-order chi connectivity index (χ0) is 15.5. The molecule has 10 heteroatoms. The first-order chi connectivity index (χ1) is 9.87. The fourth-order valence-electron chi connectivity index (χ4n) is 2.50. The molecular weight excluding hydrogens is 397 g/mol. The van der Waals surface area contributed by atoms with Crippen molar-refractivity contribution in [2.45, 2.75) is 25.1 Å². The minimum Gasteiger partial charge on any atom is -0.314 e. The molecule has 0 spiro atoms. The number of aromatic nitrogens is 1. The second kappa shape index (κ2) is 10.1. The molecule has 1 fully saturated rings. The monoisotopic (exact) mass is 413 g/mol. The first-order valence-electron chi connectivity index (χ1n) is 6.70. The molecule has 1 saturated heterocycles. The van der Waals surface area contributed by atoms with Crippen LogP contribution in [0.5, 0.6) is 0 Å². The van der Waals surface area contributed by atoms with Gasteiger partial charge in [-0.3, -0.25) is 4.90 Å². The summed E-state index contributed by atoms with van der Waals surface area (Å²) in [5.74, 6) is 0. The molecular formula is C13H18Cl4F3N3. The van der Waals surface area contributed by atoms with Gasteiger partial charge in [0, 0.05) is 44.2 Å². The summed E-state index contributed by atoms with van der Waals surface area (Å²) in [6.07, 6.45) is -5.06. The van der Waals surface area contributed by atoms with Gasteiger partial charge < -0.3 is 5.32 Å². The second-order valence-electron chi connectivity index (χ2n) is 4.97. The van der Waals surface area contributed by atoms with Gasteiger partial charge in [-0.2, -0.15) is 13.2 Å². The third-order valence-electron chi connectivity index (χ3n) is 3.50. The second-order valence-corrected chi connectivity index (χ2v) is 5.71. The molecule has 134 valence electrons. The van der Waals surface area contributed by atoms with E-state index in [0.29, 0.717) is 18.7 Å². The van der Waals surface area contributed by atoms with Crippen LogP contribution in [0.25, 0.3) is 0 Å². The third kappa shape index (κ3) is 7.20. The van der Waals surface area contributed by atoms with Gasteiger partial charge in [0.05, 0.1) is 0 Å². The van der Waals surface area contributed by atoms with E-state index >= 15 is 0 Å². The summed E-state index contributed by atoms with van der Waals surface area (Å²) in [6, 6.07) is 2.83. The first-order valence-corrected chi connectivity index (χ1v) is 7.46. The molecule has 1 aliphatic rings. The van der Waals surface area contributed by atoms with Crippen LogP contribution >= 0.6 is 48.0 Å². The topological polar surface area (TPSA) is 28.2 Å². The molecule has 23 heavy (non-hydrogen) atoms. The van der Waals surface area contributed by atoms with Crippen LogP contribution in [0.3, 0.4) is 0 Å². The average molecular weight is 415 g/mol. The summed E-state index contributed by atoms with van der Waals surface area (Å²) in [5.41, 5.74) is 0.604. The Bertz CT molecular complexity index is 482. The van der Waals surface area contributed by atoms with E-state index in [1.807, 2.05) is 4.90 Å². The van der Waals surface area contributed by atoms with Gasteiger partial charge in [-0.1, -0.05) is 29.3 Å². The molecule has 0 amide bonds. The largest absolute Gasteiger partial charge is 0.389 e. The number of nitrogens with one attached hydrogen (secondary N) is 1. The fourth-order valence-corrected chi connectivity index (χ4v) is 2.97. The molecule has 1 N–H and O–H groups in total. The van der Waals surface area contributed by atoms with E-state index in [1.54, 1.807) is 12.1 Å². The molecule has 3 nitrogen and oxygen atoms in total. The van der Waals surface area contributed by atoms with Gasteiger partial charge in [0.15, 0.2) is 0 Å². The zero-order valence-electron chi connectivity index (χ0n) is 12.1. The number of pyridine rings is 1. The molecule has 1 aromatic rings. The third-order valence-corrected chi connectivity index (χ3v) is 4.01. The highest BCUT2D eigenvalue weighted by atomic mass is 35.5. The van der Waals surface area contributed by atoms with Crippen LogP contribution in [0.4, 0.5) is 13.2 Å². The molecule has 0 radical (unpaired) electrons. The number of halogens is 7. The summed E-state index contributed by atoms with van der Waals surface area (Å²) in [4.78, 5) is 5.95. The maximum Gasteiger partial charge on any atom is 0.389 e. The molecule has 1 atom stereocenters. The van der Waals surface area contributed by atoms with E-state index in [0.717, 1.165) is 13.1 Å². The number of hydrogen-bond acceptors (Lipinski definition) is 3. The van der Waals surface area contributed by atoms with Crippen LogP contribution in [0.1, 0.15) is 24.4 Å². The Kier molecular flexibility index (Phi) is 10.1. The van der Waals surface area contributed by atoms with Crippen LogP contribution < -0.4 is 5.32 Å². The van der Waals surface area contributed by atoms with Gasteiger partial charge in [0.2, 0.25) is 0 Å². The van der Waals surface area contributed by atoms with E-state index in [-0.39, 0.29) is 41.5 Å². The number of hydrogen-bond donors (Lipinski definition) is 1. The standard InChI is InChI=1S/C13H16Cl2F3N3.2ClH/c14-11-2-1-9(12(15)20-11)10(3-4-13(16,17)18)21-7-5-19-6-8-21;;/h1-2,10,19H,3-8H2;2*1H/t10-;;/m1../s1. The van der Waals surface area contributed by atoms with E-state index in [9.17, 15) is 13.2 Å². The molecule has 1 aromatic heterocycles. The summed E-state index contributed by atoms with van der Waals surface area (Å²) in [6.45, 7) is 2.87. The highest BCUT2D eigenvalue weighted by Crippen LogP contribution is 2.34. The Morgan fingerprint density at radius 3 is 2.30 bits per heavy atom. The van der Waals surface area contributed by atoms with E-state index < -0.39 is 18.6 Å². The van der Waals surface area contributed by atoms with Gasteiger partial charge in [-0.05, 0) is 12.5 Å². The van der Waals surface area contributed by atoms with Crippen molar-refractivity contribution in [3.05, 3.63) is 28.0 Å². The Hall–Kier alpha value is 0.0200. The van der Waals surface area contributed by atoms with Crippen LogP contribution in [-0.4, -0.2) is 42.2 Å². The van der Waals surface area contributed by atoms with Crippen LogP contribution in [-0.2, 0) is 0 Å². The quantitative estimate of drug-likeness (QED) is 0.734. The lowest BCUT2D eigenvalue weighted by Gasteiger charge is -2.35.